The van der Waals surface area contributed by atoms with Crippen molar-refractivity contribution in [1.29, 1.82) is 0 Å². The van der Waals surface area contributed by atoms with Gasteiger partial charge in [0, 0.05) is 33.5 Å². The summed E-state index contributed by atoms with van der Waals surface area (Å²) in [6.45, 7) is 3.82. The largest absolute Gasteiger partial charge is 0.346 e. The molecule has 0 saturated carbocycles. The average Bonchev–Trinajstić information content (AvgIpc) is 2.46. The van der Waals surface area contributed by atoms with E-state index in [-0.39, 0.29) is 18.9 Å². The molecule has 0 aromatic heterocycles. The van der Waals surface area contributed by atoms with Crippen molar-refractivity contribution < 1.29 is 18.4 Å². The molecule has 4 nitrogen and oxygen atoms in total. The van der Waals surface area contributed by atoms with Crippen LogP contribution in [0.25, 0.3) is 0 Å². The molecule has 0 atom stereocenters. The topological polar surface area (TPSA) is 40.6 Å². The molecule has 1 aromatic carbocycles. The molecule has 22 heavy (non-hydrogen) atoms. The highest BCUT2D eigenvalue weighted by molar-refractivity contribution is 5.92. The van der Waals surface area contributed by atoms with Crippen LogP contribution in [0.3, 0.4) is 0 Å². The maximum Gasteiger partial charge on any atom is 0.224 e. The second kappa shape index (κ2) is 8.46. The van der Waals surface area contributed by atoms with E-state index < -0.39 is 23.2 Å². The van der Waals surface area contributed by atoms with Crippen LogP contribution in [0.5, 0.6) is 0 Å². The van der Waals surface area contributed by atoms with E-state index in [1.807, 2.05) is 6.92 Å². The molecule has 0 aliphatic carbocycles. The average molecular weight is 312 g/mol. The maximum absolute atomic E-state index is 13.8. The van der Waals surface area contributed by atoms with Crippen molar-refractivity contribution in [2.45, 2.75) is 33.1 Å². The highest BCUT2D eigenvalue weighted by atomic mass is 19.1. The van der Waals surface area contributed by atoms with Gasteiger partial charge in [0.25, 0.3) is 0 Å². The van der Waals surface area contributed by atoms with Crippen LogP contribution in [0, 0.1) is 11.6 Å². The van der Waals surface area contributed by atoms with Gasteiger partial charge in [-0.3, -0.25) is 9.59 Å². The van der Waals surface area contributed by atoms with Gasteiger partial charge in [-0.1, -0.05) is 19.4 Å². The normalized spacial score (nSPS) is 10.4. The van der Waals surface area contributed by atoms with Gasteiger partial charge in [-0.05, 0) is 18.6 Å². The number of nitrogens with zero attached hydrogens (tertiary/aromatic N) is 2. The molecule has 0 unspecified atom stereocenters. The molecule has 0 spiro atoms. The minimum Gasteiger partial charge on any atom is -0.346 e. The van der Waals surface area contributed by atoms with Gasteiger partial charge in [0.1, 0.15) is 17.3 Å². The van der Waals surface area contributed by atoms with E-state index >= 15 is 0 Å². The van der Waals surface area contributed by atoms with Gasteiger partial charge in [0.05, 0.1) is 0 Å². The van der Waals surface area contributed by atoms with Crippen molar-refractivity contribution in [2.24, 2.45) is 0 Å². The van der Waals surface area contributed by atoms with Crippen molar-refractivity contribution in [3.8, 4) is 0 Å². The molecule has 122 valence electrons. The molecule has 0 heterocycles. The van der Waals surface area contributed by atoms with Crippen LogP contribution in [0.15, 0.2) is 18.2 Å². The number of carbonyl (C=O) groups is 2. The predicted octanol–water partition coefficient (Wildman–Crippen LogP) is 2.97. The number of unbranched alkanes of at least 4 members (excludes halogenated alkanes) is 1. The van der Waals surface area contributed by atoms with E-state index in [2.05, 4.69) is 0 Å². The molecule has 0 aliphatic rings. The first-order chi connectivity index (χ1) is 10.4. The Balaban J connectivity index is 2.78. The number of carbonyl (C=O) groups excluding carboxylic acids is 2. The van der Waals surface area contributed by atoms with Gasteiger partial charge in [0.15, 0.2) is 0 Å². The lowest BCUT2D eigenvalue weighted by molar-refractivity contribution is -0.129. The number of hydrogen-bond donors (Lipinski definition) is 0. The lowest BCUT2D eigenvalue weighted by Gasteiger charge is -2.23. The standard InChI is InChI=1S/C16H22F2N2O2/c1-4-5-10-19(3)15(22)9-11-20(12(2)21)16-13(17)7-6-8-14(16)18/h6-8H,4-5,9-11H2,1-3H3. The first-order valence-electron chi connectivity index (χ1n) is 7.34. The Morgan fingerprint density at radius 2 is 1.73 bits per heavy atom. The fourth-order valence-electron chi connectivity index (χ4n) is 2.09. The lowest BCUT2D eigenvalue weighted by atomic mass is 10.2. The number of para-hydroxylation sites is 1. The molecular formula is C16H22F2N2O2. The molecule has 6 heteroatoms. The number of halogens is 2. The van der Waals surface area contributed by atoms with Crippen LogP contribution >= 0.6 is 0 Å². The second-order valence-corrected chi connectivity index (χ2v) is 5.16. The summed E-state index contributed by atoms with van der Waals surface area (Å²) in [6, 6.07) is 3.41. The van der Waals surface area contributed by atoms with Crippen LogP contribution in [-0.4, -0.2) is 36.9 Å². The number of rotatable bonds is 7. The summed E-state index contributed by atoms with van der Waals surface area (Å²) in [5.41, 5.74) is -0.404. The highest BCUT2D eigenvalue weighted by Gasteiger charge is 2.21. The quantitative estimate of drug-likeness (QED) is 0.776. The Labute approximate surface area is 129 Å². The maximum atomic E-state index is 13.8. The highest BCUT2D eigenvalue weighted by Crippen LogP contribution is 2.23. The molecule has 0 saturated heterocycles. The molecule has 0 aliphatic heterocycles. The van der Waals surface area contributed by atoms with Crippen LogP contribution in [0.4, 0.5) is 14.5 Å². The fourth-order valence-corrected chi connectivity index (χ4v) is 2.09. The Hall–Kier alpha value is -1.98. The molecule has 0 N–H and O–H groups in total. The van der Waals surface area contributed by atoms with Crippen LogP contribution in [-0.2, 0) is 9.59 Å². The molecule has 0 radical (unpaired) electrons. The van der Waals surface area contributed by atoms with Crippen LogP contribution in [0.2, 0.25) is 0 Å². The summed E-state index contributed by atoms with van der Waals surface area (Å²) in [5, 5.41) is 0. The van der Waals surface area contributed by atoms with Crippen LogP contribution < -0.4 is 4.90 Å². The zero-order valence-electron chi connectivity index (χ0n) is 13.2. The van der Waals surface area contributed by atoms with Crippen molar-refractivity contribution in [3.63, 3.8) is 0 Å². The number of hydrogen-bond acceptors (Lipinski definition) is 2. The van der Waals surface area contributed by atoms with Crippen molar-refractivity contribution in [1.82, 2.24) is 4.90 Å². The number of benzene rings is 1. The Kier molecular flexibility index (Phi) is 6.95. The van der Waals surface area contributed by atoms with E-state index in [9.17, 15) is 18.4 Å². The van der Waals surface area contributed by atoms with E-state index in [1.54, 1.807) is 11.9 Å². The van der Waals surface area contributed by atoms with Crippen LogP contribution in [0.1, 0.15) is 33.1 Å². The molecule has 1 rings (SSSR count). The van der Waals surface area contributed by atoms with Crippen molar-refractivity contribution in [2.75, 3.05) is 25.0 Å². The number of amides is 2. The summed E-state index contributed by atoms with van der Waals surface area (Å²) in [5.74, 6) is -2.30. The van der Waals surface area contributed by atoms with E-state index in [1.165, 1.54) is 13.0 Å². The monoisotopic (exact) mass is 312 g/mol. The van der Waals surface area contributed by atoms with Gasteiger partial charge in [-0.25, -0.2) is 8.78 Å². The van der Waals surface area contributed by atoms with Crippen molar-refractivity contribution >= 4 is 17.5 Å². The summed E-state index contributed by atoms with van der Waals surface area (Å²) in [7, 11) is 1.68. The SMILES string of the molecule is CCCCN(C)C(=O)CCN(C(C)=O)c1c(F)cccc1F. The number of anilines is 1. The summed E-state index contributed by atoms with van der Waals surface area (Å²) in [6.07, 6.45) is 1.88. The minimum atomic E-state index is -0.818. The Morgan fingerprint density at radius 1 is 1.14 bits per heavy atom. The second-order valence-electron chi connectivity index (χ2n) is 5.16. The summed E-state index contributed by atoms with van der Waals surface area (Å²) < 4.78 is 27.6. The summed E-state index contributed by atoms with van der Waals surface area (Å²) in [4.78, 5) is 26.2. The third-order valence-corrected chi connectivity index (χ3v) is 3.41. The van der Waals surface area contributed by atoms with Crippen molar-refractivity contribution in [3.05, 3.63) is 29.8 Å². The Bertz CT molecular complexity index is 515. The van der Waals surface area contributed by atoms with Gasteiger partial charge in [-0.2, -0.15) is 0 Å². The van der Waals surface area contributed by atoms with E-state index in [0.29, 0.717) is 6.54 Å². The first-order valence-corrected chi connectivity index (χ1v) is 7.34. The predicted molar refractivity (Wildman–Crippen MR) is 81.5 cm³/mol. The Morgan fingerprint density at radius 3 is 2.23 bits per heavy atom. The minimum absolute atomic E-state index is 0.0214. The molecule has 2 amide bonds. The summed E-state index contributed by atoms with van der Waals surface area (Å²) >= 11 is 0. The van der Waals surface area contributed by atoms with Gasteiger partial charge >= 0.3 is 0 Å². The lowest BCUT2D eigenvalue weighted by Crippen LogP contribution is -2.36. The first kappa shape index (κ1) is 18.1. The third kappa shape index (κ3) is 4.79. The van der Waals surface area contributed by atoms with E-state index in [0.717, 1.165) is 29.9 Å². The van der Waals surface area contributed by atoms with Gasteiger partial charge < -0.3 is 9.80 Å². The van der Waals surface area contributed by atoms with Gasteiger partial charge in [-0.15, -0.1) is 0 Å². The van der Waals surface area contributed by atoms with E-state index in [4.69, 9.17) is 0 Å². The third-order valence-electron chi connectivity index (χ3n) is 3.41. The fraction of sp³-hybridized carbons (Fsp3) is 0.500. The molecule has 0 bridgehead atoms. The molecule has 0 fully saturated rings. The molecule has 1 aromatic rings. The zero-order chi connectivity index (χ0) is 16.7. The van der Waals surface area contributed by atoms with Gasteiger partial charge in [0.2, 0.25) is 11.8 Å². The zero-order valence-corrected chi connectivity index (χ0v) is 13.2. The molecular weight excluding hydrogens is 290 g/mol. The smallest absolute Gasteiger partial charge is 0.224 e.